The number of hydrogen-bond acceptors (Lipinski definition) is 3. The van der Waals surface area contributed by atoms with Gasteiger partial charge < -0.3 is 10.2 Å². The maximum absolute atomic E-state index is 13.8. The topological polar surface area (TPSA) is 66.5 Å². The summed E-state index contributed by atoms with van der Waals surface area (Å²) in [4.78, 5) is 25.5. The molecule has 0 aliphatic carbocycles. The SMILES string of the molecule is CN1C(=O)C(C(=O)Nc2ccccc2F)C1c1ccc(S(C)=O)c(C(F)(F)F)c1. The molecule has 10 heteroatoms. The molecule has 0 bridgehead atoms. The zero-order valence-electron chi connectivity index (χ0n) is 15.3. The highest BCUT2D eigenvalue weighted by Crippen LogP contribution is 2.42. The molecule has 1 fully saturated rings. The van der Waals surface area contributed by atoms with Gasteiger partial charge in [0, 0.05) is 13.3 Å². The number of carbonyl (C=O) groups excluding carboxylic acids is 2. The Bertz CT molecular complexity index is 1010. The Kier molecular flexibility index (Phi) is 5.48. The zero-order chi connectivity index (χ0) is 21.5. The number of nitrogens with one attached hydrogen (secondary N) is 1. The summed E-state index contributed by atoms with van der Waals surface area (Å²) in [6.07, 6.45) is -3.62. The fourth-order valence-electron chi connectivity index (χ4n) is 3.28. The van der Waals surface area contributed by atoms with Crippen LogP contribution in [0.15, 0.2) is 47.4 Å². The third kappa shape index (κ3) is 3.89. The van der Waals surface area contributed by atoms with E-state index in [1.807, 2.05) is 0 Å². The van der Waals surface area contributed by atoms with Gasteiger partial charge >= 0.3 is 6.18 Å². The second kappa shape index (κ2) is 7.58. The molecular formula is C19H16F4N2O3S. The number of benzene rings is 2. The average molecular weight is 428 g/mol. The fourth-order valence-corrected chi connectivity index (χ4v) is 4.03. The Labute approximate surface area is 166 Å². The Balaban J connectivity index is 1.95. The fraction of sp³-hybridized carbons (Fsp3) is 0.263. The van der Waals surface area contributed by atoms with E-state index in [4.69, 9.17) is 0 Å². The van der Waals surface area contributed by atoms with E-state index in [1.54, 1.807) is 0 Å². The maximum Gasteiger partial charge on any atom is 0.417 e. The van der Waals surface area contributed by atoms with Crippen LogP contribution in [0.4, 0.5) is 23.2 Å². The molecule has 1 aliphatic rings. The molecule has 3 unspecified atom stereocenters. The van der Waals surface area contributed by atoms with Gasteiger partial charge in [0.05, 0.1) is 33.0 Å². The zero-order valence-corrected chi connectivity index (χ0v) is 16.1. The lowest BCUT2D eigenvalue weighted by Crippen LogP contribution is -2.57. The molecule has 1 aliphatic heterocycles. The molecule has 0 spiro atoms. The standard InChI is InChI=1S/C19H16F4N2O3S/c1-25-16(10-7-8-14(29(2)28)11(9-10)19(21,22)23)15(18(25)27)17(26)24-13-6-4-3-5-12(13)20/h3-9,15-16H,1-2H3,(H,24,26). The highest BCUT2D eigenvalue weighted by atomic mass is 32.2. The van der Waals surface area contributed by atoms with Crippen molar-refractivity contribution < 1.29 is 31.4 Å². The first kappa shape index (κ1) is 21.0. The van der Waals surface area contributed by atoms with E-state index in [0.29, 0.717) is 0 Å². The summed E-state index contributed by atoms with van der Waals surface area (Å²) < 4.78 is 65.6. The molecule has 154 valence electrons. The summed E-state index contributed by atoms with van der Waals surface area (Å²) in [5, 5.41) is 2.31. The van der Waals surface area contributed by atoms with Gasteiger partial charge in [-0.15, -0.1) is 0 Å². The summed E-state index contributed by atoms with van der Waals surface area (Å²) in [7, 11) is -0.516. The van der Waals surface area contributed by atoms with Crippen molar-refractivity contribution in [2.45, 2.75) is 17.1 Å². The van der Waals surface area contributed by atoms with Crippen LogP contribution in [0.2, 0.25) is 0 Å². The van der Waals surface area contributed by atoms with Crippen LogP contribution in [0.3, 0.4) is 0 Å². The van der Waals surface area contributed by atoms with Crippen LogP contribution < -0.4 is 5.32 Å². The second-order valence-corrected chi connectivity index (χ2v) is 7.90. The van der Waals surface area contributed by atoms with E-state index in [2.05, 4.69) is 5.32 Å². The normalized spacial score (nSPS) is 20.2. The Morgan fingerprint density at radius 3 is 2.41 bits per heavy atom. The lowest BCUT2D eigenvalue weighted by atomic mass is 9.81. The molecular weight excluding hydrogens is 412 g/mol. The molecule has 1 N–H and O–H groups in total. The number of rotatable bonds is 4. The van der Waals surface area contributed by atoms with E-state index in [1.165, 1.54) is 31.3 Å². The van der Waals surface area contributed by atoms with Gasteiger partial charge in [-0.3, -0.25) is 13.8 Å². The van der Waals surface area contributed by atoms with Crippen LogP contribution in [-0.4, -0.2) is 34.2 Å². The number of anilines is 1. The average Bonchev–Trinajstić information content (AvgIpc) is 2.65. The van der Waals surface area contributed by atoms with Gasteiger partial charge in [-0.25, -0.2) is 4.39 Å². The van der Waals surface area contributed by atoms with Crippen molar-refractivity contribution in [3.05, 3.63) is 59.4 Å². The van der Waals surface area contributed by atoms with Crippen LogP contribution in [0.1, 0.15) is 17.2 Å². The molecule has 3 atom stereocenters. The van der Waals surface area contributed by atoms with E-state index in [9.17, 15) is 31.4 Å². The summed E-state index contributed by atoms with van der Waals surface area (Å²) >= 11 is 0. The van der Waals surface area contributed by atoms with Crippen LogP contribution >= 0.6 is 0 Å². The van der Waals surface area contributed by atoms with Crippen LogP contribution in [0, 0.1) is 11.7 Å². The van der Waals surface area contributed by atoms with Gasteiger partial charge in [-0.05, 0) is 29.8 Å². The molecule has 2 aromatic rings. The first-order chi connectivity index (χ1) is 13.5. The predicted octanol–water partition coefficient (Wildman–Crippen LogP) is 3.35. The first-order valence-electron chi connectivity index (χ1n) is 8.39. The minimum absolute atomic E-state index is 0.0716. The third-order valence-corrected chi connectivity index (χ3v) is 5.70. The van der Waals surface area contributed by atoms with Crippen molar-refractivity contribution in [2.24, 2.45) is 5.92 Å². The molecule has 0 saturated carbocycles. The Morgan fingerprint density at radius 1 is 1.17 bits per heavy atom. The Hall–Kier alpha value is -2.75. The molecule has 5 nitrogen and oxygen atoms in total. The number of amides is 2. The number of likely N-dealkylation sites (tertiary alicyclic amines) is 1. The van der Waals surface area contributed by atoms with Gasteiger partial charge in [0.25, 0.3) is 0 Å². The Morgan fingerprint density at radius 2 is 1.83 bits per heavy atom. The van der Waals surface area contributed by atoms with Gasteiger partial charge in [0.15, 0.2) is 0 Å². The minimum Gasteiger partial charge on any atom is -0.337 e. The quantitative estimate of drug-likeness (QED) is 0.462. The van der Waals surface area contributed by atoms with Crippen LogP contribution in [0.5, 0.6) is 0 Å². The summed E-state index contributed by atoms with van der Waals surface area (Å²) in [6, 6.07) is 7.57. The molecule has 1 heterocycles. The van der Waals surface area contributed by atoms with Crippen molar-refractivity contribution in [3.8, 4) is 0 Å². The monoisotopic (exact) mass is 428 g/mol. The number of hydrogen-bond donors (Lipinski definition) is 1. The van der Waals surface area contributed by atoms with E-state index in [0.717, 1.165) is 29.4 Å². The summed E-state index contributed by atoms with van der Waals surface area (Å²) in [5.41, 5.74) is -1.15. The third-order valence-electron chi connectivity index (χ3n) is 4.72. The van der Waals surface area contributed by atoms with Gasteiger partial charge in [-0.1, -0.05) is 18.2 Å². The van der Waals surface area contributed by atoms with Crippen LogP contribution in [-0.2, 0) is 26.6 Å². The second-order valence-electron chi connectivity index (χ2n) is 6.55. The van der Waals surface area contributed by atoms with Crippen molar-refractivity contribution >= 4 is 28.3 Å². The lowest BCUT2D eigenvalue weighted by molar-refractivity contribution is -0.158. The predicted molar refractivity (Wildman–Crippen MR) is 97.8 cm³/mol. The molecule has 29 heavy (non-hydrogen) atoms. The minimum atomic E-state index is -4.76. The van der Waals surface area contributed by atoms with Gasteiger partial charge in [-0.2, -0.15) is 13.2 Å². The van der Waals surface area contributed by atoms with Crippen molar-refractivity contribution in [2.75, 3.05) is 18.6 Å². The molecule has 0 radical (unpaired) electrons. The largest absolute Gasteiger partial charge is 0.417 e. The van der Waals surface area contributed by atoms with Crippen molar-refractivity contribution in [1.29, 1.82) is 0 Å². The molecule has 2 aromatic carbocycles. The van der Waals surface area contributed by atoms with Crippen molar-refractivity contribution in [1.82, 2.24) is 4.90 Å². The van der Waals surface area contributed by atoms with Crippen LogP contribution in [0.25, 0.3) is 0 Å². The molecule has 0 aromatic heterocycles. The van der Waals surface area contributed by atoms with Gasteiger partial charge in [0.2, 0.25) is 11.8 Å². The van der Waals surface area contributed by atoms with E-state index < -0.39 is 52.1 Å². The van der Waals surface area contributed by atoms with Gasteiger partial charge in [0.1, 0.15) is 11.7 Å². The number of para-hydroxylation sites is 1. The highest BCUT2D eigenvalue weighted by molar-refractivity contribution is 7.84. The molecule has 3 rings (SSSR count). The number of β-lactam (4-membered cyclic amide) rings is 1. The number of halogens is 4. The van der Waals surface area contributed by atoms with E-state index in [-0.39, 0.29) is 16.1 Å². The number of carbonyl (C=O) groups is 2. The van der Waals surface area contributed by atoms with Crippen molar-refractivity contribution in [3.63, 3.8) is 0 Å². The lowest BCUT2D eigenvalue weighted by Gasteiger charge is -2.44. The first-order valence-corrected chi connectivity index (χ1v) is 9.95. The summed E-state index contributed by atoms with van der Waals surface area (Å²) in [5.74, 6) is -3.43. The molecule has 2 amide bonds. The molecule has 1 saturated heterocycles. The maximum atomic E-state index is 13.8. The number of nitrogens with zero attached hydrogens (tertiary/aromatic N) is 1. The summed E-state index contributed by atoms with van der Waals surface area (Å²) in [6.45, 7) is 0. The highest BCUT2D eigenvalue weighted by Gasteiger charge is 2.51. The number of alkyl halides is 3. The smallest absolute Gasteiger partial charge is 0.337 e. The van der Waals surface area contributed by atoms with E-state index >= 15 is 0 Å².